The maximum Gasteiger partial charge on any atom is 0.0861 e. The zero-order chi connectivity index (χ0) is 7.14. The van der Waals surface area contributed by atoms with Gasteiger partial charge < -0.3 is 9.84 Å². The summed E-state index contributed by atoms with van der Waals surface area (Å²) >= 11 is 0. The molecule has 2 nitrogen and oxygen atoms in total. The van der Waals surface area contributed by atoms with Gasteiger partial charge in [0.05, 0.1) is 12.2 Å². The van der Waals surface area contributed by atoms with Gasteiger partial charge in [0.15, 0.2) is 0 Å². The maximum absolute atomic E-state index is 9.55. The van der Waals surface area contributed by atoms with Crippen LogP contribution in [-0.2, 0) is 4.74 Å². The van der Waals surface area contributed by atoms with Gasteiger partial charge in [-0.1, -0.05) is 0 Å². The summed E-state index contributed by atoms with van der Waals surface area (Å²) in [5.74, 6) is 1.21. The molecule has 4 atom stereocenters. The fourth-order valence-corrected chi connectivity index (χ4v) is 2.54. The topological polar surface area (TPSA) is 29.5 Å². The Bertz CT molecular complexity index is 133. The van der Waals surface area contributed by atoms with Crippen LogP contribution in [0.4, 0.5) is 0 Å². The van der Waals surface area contributed by atoms with E-state index < -0.39 is 0 Å². The zero-order valence-electron chi connectivity index (χ0n) is 6.29. The molecule has 2 saturated carbocycles. The van der Waals surface area contributed by atoms with Gasteiger partial charge in [-0.15, -0.1) is 0 Å². The van der Waals surface area contributed by atoms with Crippen LogP contribution in [0, 0.1) is 11.8 Å². The first-order valence-corrected chi connectivity index (χ1v) is 4.04. The highest BCUT2D eigenvalue weighted by molar-refractivity contribution is 4.97. The molecule has 2 aliphatic rings. The van der Waals surface area contributed by atoms with Crippen LogP contribution in [0.2, 0.25) is 0 Å². The van der Waals surface area contributed by atoms with E-state index in [1.165, 1.54) is 19.3 Å². The fourth-order valence-electron chi connectivity index (χ4n) is 2.54. The van der Waals surface area contributed by atoms with E-state index in [1.54, 1.807) is 7.11 Å². The first-order valence-electron chi connectivity index (χ1n) is 4.04. The minimum atomic E-state index is -0.163. The maximum atomic E-state index is 9.55. The van der Waals surface area contributed by atoms with Gasteiger partial charge in [-0.2, -0.15) is 0 Å². The van der Waals surface area contributed by atoms with Crippen LogP contribution in [0.25, 0.3) is 0 Å². The summed E-state index contributed by atoms with van der Waals surface area (Å²) in [5, 5.41) is 9.55. The quantitative estimate of drug-likeness (QED) is 0.586. The Morgan fingerprint density at radius 1 is 1.30 bits per heavy atom. The Morgan fingerprint density at radius 2 is 2.00 bits per heavy atom. The van der Waals surface area contributed by atoms with Gasteiger partial charge in [0.2, 0.25) is 0 Å². The van der Waals surface area contributed by atoms with Crippen LogP contribution in [-0.4, -0.2) is 24.4 Å². The van der Waals surface area contributed by atoms with Gasteiger partial charge in [0, 0.05) is 7.11 Å². The lowest BCUT2D eigenvalue weighted by atomic mass is 9.95. The number of ether oxygens (including phenoxy) is 1. The molecule has 2 rings (SSSR count). The SMILES string of the molecule is COC1C2CCC(C2)C1O. The Labute approximate surface area is 61.2 Å². The molecule has 2 bridgehead atoms. The largest absolute Gasteiger partial charge is 0.390 e. The zero-order valence-corrected chi connectivity index (χ0v) is 6.29. The number of fused-ring (bicyclic) bond motifs is 2. The van der Waals surface area contributed by atoms with Crippen molar-refractivity contribution in [1.82, 2.24) is 0 Å². The molecular formula is C8H14O2. The Kier molecular flexibility index (Phi) is 1.46. The summed E-state index contributed by atoms with van der Waals surface area (Å²) in [5.41, 5.74) is 0. The third kappa shape index (κ3) is 0.722. The summed E-state index contributed by atoms with van der Waals surface area (Å²) in [4.78, 5) is 0. The molecule has 0 aromatic rings. The summed E-state index contributed by atoms with van der Waals surface area (Å²) in [6, 6.07) is 0. The molecule has 0 amide bonds. The average molecular weight is 142 g/mol. The van der Waals surface area contributed by atoms with Crippen molar-refractivity contribution in [3.8, 4) is 0 Å². The van der Waals surface area contributed by atoms with Crippen LogP contribution in [0.15, 0.2) is 0 Å². The van der Waals surface area contributed by atoms with E-state index in [1.807, 2.05) is 0 Å². The third-order valence-corrected chi connectivity index (χ3v) is 3.07. The highest BCUT2D eigenvalue weighted by atomic mass is 16.5. The van der Waals surface area contributed by atoms with E-state index in [-0.39, 0.29) is 12.2 Å². The van der Waals surface area contributed by atoms with Gasteiger partial charge in [0.1, 0.15) is 0 Å². The molecule has 2 heteroatoms. The van der Waals surface area contributed by atoms with E-state index in [0.717, 1.165) is 0 Å². The minimum Gasteiger partial charge on any atom is -0.390 e. The second kappa shape index (κ2) is 2.21. The summed E-state index contributed by atoms with van der Waals surface area (Å²) in [6.07, 6.45) is 3.66. The normalized spacial score (nSPS) is 52.2. The average Bonchev–Trinajstić information content (AvgIpc) is 2.46. The molecular weight excluding hydrogens is 128 g/mol. The molecule has 10 heavy (non-hydrogen) atoms. The van der Waals surface area contributed by atoms with E-state index in [9.17, 15) is 5.11 Å². The molecule has 0 heterocycles. The molecule has 1 N–H and O–H groups in total. The second-order valence-corrected chi connectivity index (χ2v) is 3.52. The number of hydrogen-bond donors (Lipinski definition) is 1. The highest BCUT2D eigenvalue weighted by Crippen LogP contribution is 2.45. The number of hydrogen-bond acceptors (Lipinski definition) is 2. The minimum absolute atomic E-state index is 0.152. The van der Waals surface area contributed by atoms with Crippen LogP contribution in [0.5, 0.6) is 0 Å². The van der Waals surface area contributed by atoms with E-state index in [2.05, 4.69) is 0 Å². The van der Waals surface area contributed by atoms with Gasteiger partial charge in [-0.25, -0.2) is 0 Å². The molecule has 0 radical (unpaired) electrons. The van der Waals surface area contributed by atoms with E-state index in [0.29, 0.717) is 11.8 Å². The number of rotatable bonds is 1. The summed E-state index contributed by atoms with van der Waals surface area (Å²) < 4.78 is 5.21. The van der Waals surface area contributed by atoms with Crippen molar-refractivity contribution < 1.29 is 9.84 Å². The Hall–Kier alpha value is -0.0800. The highest BCUT2D eigenvalue weighted by Gasteiger charge is 2.46. The summed E-state index contributed by atoms with van der Waals surface area (Å²) in [6.45, 7) is 0. The Morgan fingerprint density at radius 3 is 2.40 bits per heavy atom. The molecule has 0 aromatic carbocycles. The van der Waals surface area contributed by atoms with Gasteiger partial charge in [0.25, 0.3) is 0 Å². The lowest BCUT2D eigenvalue weighted by molar-refractivity contribution is -0.0426. The first-order chi connectivity index (χ1) is 4.83. The van der Waals surface area contributed by atoms with Crippen molar-refractivity contribution in [2.75, 3.05) is 7.11 Å². The smallest absolute Gasteiger partial charge is 0.0861 e. The van der Waals surface area contributed by atoms with Crippen LogP contribution < -0.4 is 0 Å². The van der Waals surface area contributed by atoms with Gasteiger partial charge in [-0.3, -0.25) is 0 Å². The molecule has 4 unspecified atom stereocenters. The molecule has 0 aliphatic heterocycles. The van der Waals surface area contributed by atoms with Crippen molar-refractivity contribution >= 4 is 0 Å². The van der Waals surface area contributed by atoms with Crippen molar-refractivity contribution in [3.63, 3.8) is 0 Å². The van der Waals surface area contributed by atoms with Gasteiger partial charge in [-0.05, 0) is 31.1 Å². The Balaban J connectivity index is 2.10. The first kappa shape index (κ1) is 6.62. The predicted octanol–water partition coefficient (Wildman–Crippen LogP) is 0.792. The van der Waals surface area contributed by atoms with Crippen LogP contribution in [0.1, 0.15) is 19.3 Å². The molecule has 0 saturated heterocycles. The van der Waals surface area contributed by atoms with Crippen LogP contribution in [0.3, 0.4) is 0 Å². The van der Waals surface area contributed by atoms with Crippen molar-refractivity contribution in [3.05, 3.63) is 0 Å². The fraction of sp³-hybridized carbons (Fsp3) is 1.00. The van der Waals surface area contributed by atoms with E-state index >= 15 is 0 Å². The second-order valence-electron chi connectivity index (χ2n) is 3.52. The number of aliphatic hydroxyl groups is 1. The monoisotopic (exact) mass is 142 g/mol. The van der Waals surface area contributed by atoms with Crippen LogP contribution >= 0.6 is 0 Å². The summed E-state index contributed by atoms with van der Waals surface area (Å²) in [7, 11) is 1.70. The molecule has 0 aromatic heterocycles. The lowest BCUT2D eigenvalue weighted by Gasteiger charge is -2.25. The molecule has 2 aliphatic carbocycles. The van der Waals surface area contributed by atoms with Crippen molar-refractivity contribution in [2.24, 2.45) is 11.8 Å². The lowest BCUT2D eigenvalue weighted by Crippen LogP contribution is -2.33. The molecule has 58 valence electrons. The van der Waals surface area contributed by atoms with Gasteiger partial charge >= 0.3 is 0 Å². The predicted molar refractivity (Wildman–Crippen MR) is 37.6 cm³/mol. The standard InChI is InChI=1S/C8H14O2/c1-10-8-6-3-2-5(4-6)7(8)9/h5-9H,2-4H2,1H3. The number of aliphatic hydroxyl groups excluding tert-OH is 1. The third-order valence-electron chi connectivity index (χ3n) is 3.07. The van der Waals surface area contributed by atoms with Crippen molar-refractivity contribution in [2.45, 2.75) is 31.5 Å². The number of methoxy groups -OCH3 is 1. The molecule has 0 spiro atoms. The van der Waals surface area contributed by atoms with Crippen molar-refractivity contribution in [1.29, 1.82) is 0 Å². The molecule has 2 fully saturated rings. The van der Waals surface area contributed by atoms with E-state index in [4.69, 9.17) is 4.74 Å².